The molecular formula is C15H23NO3. The fourth-order valence-corrected chi connectivity index (χ4v) is 1.84. The first-order chi connectivity index (χ1) is 8.94. The molecule has 0 heterocycles. The van der Waals surface area contributed by atoms with Crippen molar-refractivity contribution in [2.75, 3.05) is 20.3 Å². The number of hydrogen-bond acceptors (Lipinski definition) is 4. The number of rotatable bonds is 6. The quantitative estimate of drug-likeness (QED) is 0.799. The van der Waals surface area contributed by atoms with Crippen LogP contribution in [-0.4, -0.2) is 41.8 Å². The van der Waals surface area contributed by atoms with Gasteiger partial charge in [0.05, 0.1) is 13.2 Å². The van der Waals surface area contributed by atoms with E-state index in [9.17, 15) is 9.90 Å². The first kappa shape index (κ1) is 15.7. The van der Waals surface area contributed by atoms with Gasteiger partial charge in [0, 0.05) is 5.54 Å². The Kier molecular flexibility index (Phi) is 5.51. The molecule has 0 aliphatic heterocycles. The number of aliphatic hydroxyl groups excluding tert-OH is 1. The molecule has 0 aliphatic carbocycles. The second kappa shape index (κ2) is 6.68. The lowest BCUT2D eigenvalue weighted by Crippen LogP contribution is -2.48. The number of aliphatic hydroxyl groups is 1. The molecule has 0 saturated carbocycles. The fraction of sp³-hybridized carbons (Fsp3) is 0.533. The molecule has 0 radical (unpaired) electrons. The fourth-order valence-electron chi connectivity index (χ4n) is 1.84. The zero-order chi connectivity index (χ0) is 14.5. The summed E-state index contributed by atoms with van der Waals surface area (Å²) >= 11 is 0. The molecule has 1 atom stereocenters. The SMILES string of the molecule is CCOC(=O)C(c1ccccc1)N(C)C(C)(C)CO. The maximum absolute atomic E-state index is 12.2. The van der Waals surface area contributed by atoms with Gasteiger partial charge in [-0.3, -0.25) is 4.90 Å². The van der Waals surface area contributed by atoms with Gasteiger partial charge in [0.1, 0.15) is 6.04 Å². The zero-order valence-corrected chi connectivity index (χ0v) is 12.1. The van der Waals surface area contributed by atoms with Crippen LogP contribution >= 0.6 is 0 Å². The van der Waals surface area contributed by atoms with Crippen LogP contribution in [0.1, 0.15) is 32.4 Å². The summed E-state index contributed by atoms with van der Waals surface area (Å²) in [5.74, 6) is -0.294. The van der Waals surface area contributed by atoms with Crippen molar-refractivity contribution in [2.45, 2.75) is 32.4 Å². The number of nitrogens with zero attached hydrogens (tertiary/aromatic N) is 1. The summed E-state index contributed by atoms with van der Waals surface area (Å²) in [5, 5.41) is 9.48. The largest absolute Gasteiger partial charge is 0.465 e. The van der Waals surface area contributed by atoms with Gasteiger partial charge in [0.25, 0.3) is 0 Å². The molecule has 4 nitrogen and oxygen atoms in total. The van der Waals surface area contributed by atoms with E-state index in [0.29, 0.717) is 6.61 Å². The average Bonchev–Trinajstić information content (AvgIpc) is 2.40. The standard InChI is InChI=1S/C15H23NO3/c1-5-19-14(18)13(12-9-7-6-8-10-12)16(4)15(2,3)11-17/h6-10,13,17H,5,11H2,1-4H3. The van der Waals surface area contributed by atoms with Gasteiger partial charge in [0.2, 0.25) is 0 Å². The third-order valence-corrected chi connectivity index (χ3v) is 3.35. The van der Waals surface area contributed by atoms with E-state index in [1.165, 1.54) is 0 Å². The van der Waals surface area contributed by atoms with E-state index in [1.54, 1.807) is 6.92 Å². The van der Waals surface area contributed by atoms with Gasteiger partial charge in [0.15, 0.2) is 0 Å². The second-order valence-electron chi connectivity index (χ2n) is 5.15. The molecule has 0 spiro atoms. The number of benzene rings is 1. The van der Waals surface area contributed by atoms with Gasteiger partial charge in [-0.25, -0.2) is 4.79 Å². The molecule has 1 aromatic carbocycles. The first-order valence-electron chi connectivity index (χ1n) is 6.49. The number of ether oxygens (including phenoxy) is 1. The maximum Gasteiger partial charge on any atom is 0.328 e. The van der Waals surface area contributed by atoms with E-state index in [4.69, 9.17) is 4.74 Å². The summed E-state index contributed by atoms with van der Waals surface area (Å²) in [5.41, 5.74) is 0.359. The Hall–Kier alpha value is -1.39. The molecule has 0 aliphatic rings. The van der Waals surface area contributed by atoms with E-state index < -0.39 is 11.6 Å². The summed E-state index contributed by atoms with van der Waals surface area (Å²) in [7, 11) is 1.82. The van der Waals surface area contributed by atoms with Crippen LogP contribution in [0.4, 0.5) is 0 Å². The number of esters is 1. The summed E-state index contributed by atoms with van der Waals surface area (Å²) < 4.78 is 5.16. The van der Waals surface area contributed by atoms with E-state index in [-0.39, 0.29) is 12.6 Å². The number of carbonyl (C=O) groups is 1. The molecule has 1 aromatic rings. The average molecular weight is 265 g/mol. The van der Waals surface area contributed by atoms with Crippen molar-refractivity contribution in [1.82, 2.24) is 4.90 Å². The molecule has 0 bridgehead atoms. The highest BCUT2D eigenvalue weighted by Gasteiger charge is 2.35. The minimum absolute atomic E-state index is 0.0355. The van der Waals surface area contributed by atoms with Crippen LogP contribution in [0.3, 0.4) is 0 Å². The van der Waals surface area contributed by atoms with Crippen LogP contribution in [0.5, 0.6) is 0 Å². The Balaban J connectivity index is 3.10. The van der Waals surface area contributed by atoms with Crippen molar-refractivity contribution in [3.63, 3.8) is 0 Å². The lowest BCUT2D eigenvalue weighted by Gasteiger charge is -2.38. The molecular weight excluding hydrogens is 242 g/mol. The van der Waals surface area contributed by atoms with Gasteiger partial charge in [-0.15, -0.1) is 0 Å². The van der Waals surface area contributed by atoms with Crippen LogP contribution in [0.25, 0.3) is 0 Å². The molecule has 1 N–H and O–H groups in total. The summed E-state index contributed by atoms with van der Waals surface area (Å²) in [6.07, 6.45) is 0. The minimum atomic E-state index is -0.511. The predicted octanol–water partition coefficient (Wildman–Crippen LogP) is 1.99. The second-order valence-corrected chi connectivity index (χ2v) is 5.15. The Bertz CT molecular complexity index is 403. The molecule has 0 saturated heterocycles. The highest BCUT2D eigenvalue weighted by Crippen LogP contribution is 2.27. The van der Waals surface area contributed by atoms with Crippen molar-refractivity contribution in [3.8, 4) is 0 Å². The zero-order valence-electron chi connectivity index (χ0n) is 12.1. The summed E-state index contributed by atoms with van der Waals surface area (Å²) in [4.78, 5) is 14.0. The number of likely N-dealkylation sites (N-methyl/N-ethyl adjacent to an activating group) is 1. The van der Waals surface area contributed by atoms with E-state index in [1.807, 2.05) is 56.1 Å². The molecule has 19 heavy (non-hydrogen) atoms. The number of carbonyl (C=O) groups excluding carboxylic acids is 1. The van der Waals surface area contributed by atoms with Crippen molar-refractivity contribution in [2.24, 2.45) is 0 Å². The Morgan fingerprint density at radius 3 is 2.42 bits per heavy atom. The number of hydrogen-bond donors (Lipinski definition) is 1. The molecule has 4 heteroatoms. The smallest absolute Gasteiger partial charge is 0.328 e. The van der Waals surface area contributed by atoms with E-state index >= 15 is 0 Å². The molecule has 0 aromatic heterocycles. The predicted molar refractivity (Wildman–Crippen MR) is 74.7 cm³/mol. The normalized spacial score (nSPS) is 13.4. The van der Waals surface area contributed by atoms with Crippen LogP contribution in [0.15, 0.2) is 30.3 Å². The summed E-state index contributed by atoms with van der Waals surface area (Å²) in [6.45, 7) is 5.88. The van der Waals surface area contributed by atoms with Crippen LogP contribution in [0.2, 0.25) is 0 Å². The summed E-state index contributed by atoms with van der Waals surface area (Å²) in [6, 6.07) is 8.96. The van der Waals surface area contributed by atoms with Crippen molar-refractivity contribution in [3.05, 3.63) is 35.9 Å². The van der Waals surface area contributed by atoms with Crippen molar-refractivity contribution >= 4 is 5.97 Å². The third-order valence-electron chi connectivity index (χ3n) is 3.35. The lowest BCUT2D eigenvalue weighted by molar-refractivity contribution is -0.152. The molecule has 1 unspecified atom stereocenters. The third kappa shape index (κ3) is 3.78. The molecule has 1 rings (SSSR count). The first-order valence-corrected chi connectivity index (χ1v) is 6.49. The lowest BCUT2D eigenvalue weighted by atomic mass is 9.98. The molecule has 0 amide bonds. The Labute approximate surface area is 115 Å². The highest BCUT2D eigenvalue weighted by molar-refractivity contribution is 5.77. The van der Waals surface area contributed by atoms with Crippen LogP contribution in [-0.2, 0) is 9.53 Å². The van der Waals surface area contributed by atoms with Crippen LogP contribution in [0, 0.1) is 0 Å². The van der Waals surface area contributed by atoms with Gasteiger partial charge >= 0.3 is 5.97 Å². The Morgan fingerprint density at radius 2 is 1.95 bits per heavy atom. The van der Waals surface area contributed by atoms with Gasteiger partial charge in [-0.2, -0.15) is 0 Å². The molecule has 106 valence electrons. The minimum Gasteiger partial charge on any atom is -0.465 e. The van der Waals surface area contributed by atoms with Gasteiger partial charge in [-0.05, 0) is 33.4 Å². The van der Waals surface area contributed by atoms with Gasteiger partial charge < -0.3 is 9.84 Å². The monoisotopic (exact) mass is 265 g/mol. The molecule has 0 fully saturated rings. The van der Waals surface area contributed by atoms with Crippen molar-refractivity contribution < 1.29 is 14.6 Å². The topological polar surface area (TPSA) is 49.8 Å². The van der Waals surface area contributed by atoms with Gasteiger partial charge in [-0.1, -0.05) is 30.3 Å². The van der Waals surface area contributed by atoms with Crippen LogP contribution < -0.4 is 0 Å². The maximum atomic E-state index is 12.2. The van der Waals surface area contributed by atoms with E-state index in [2.05, 4.69) is 0 Å². The highest BCUT2D eigenvalue weighted by atomic mass is 16.5. The Morgan fingerprint density at radius 1 is 1.37 bits per heavy atom. The van der Waals surface area contributed by atoms with Crippen molar-refractivity contribution in [1.29, 1.82) is 0 Å². The van der Waals surface area contributed by atoms with E-state index in [0.717, 1.165) is 5.56 Å².